The number of anilines is 1. The Morgan fingerprint density at radius 1 is 1.16 bits per heavy atom. The first-order chi connectivity index (χ1) is 17.6. The Bertz CT molecular complexity index is 1360. The van der Waals surface area contributed by atoms with Crippen LogP contribution in [-0.4, -0.2) is 47.0 Å². The molecule has 196 valence electrons. The summed E-state index contributed by atoms with van der Waals surface area (Å²) in [5, 5.41) is 6.08. The zero-order valence-electron chi connectivity index (χ0n) is 21.3. The molecule has 2 heterocycles. The quantitative estimate of drug-likeness (QED) is 0.442. The molecule has 2 N–H and O–H groups in total. The highest BCUT2D eigenvalue weighted by atomic mass is 35.5. The predicted octanol–water partition coefficient (Wildman–Crippen LogP) is 3.70. The van der Waals surface area contributed by atoms with Crippen molar-refractivity contribution in [1.29, 1.82) is 0 Å². The van der Waals surface area contributed by atoms with Crippen molar-refractivity contribution < 1.29 is 19.1 Å². The number of ether oxygens (including phenoxy) is 2. The zero-order valence-corrected chi connectivity index (χ0v) is 22.1. The molecule has 10 heteroatoms. The molecule has 1 aliphatic heterocycles. The average molecular weight is 527 g/mol. The minimum absolute atomic E-state index is 0.0880. The first-order valence-corrected chi connectivity index (χ1v) is 12.4. The second kappa shape index (κ2) is 10.8. The highest BCUT2D eigenvalue weighted by molar-refractivity contribution is 6.31. The lowest BCUT2D eigenvalue weighted by Gasteiger charge is -2.28. The van der Waals surface area contributed by atoms with Crippen LogP contribution < -0.4 is 20.9 Å². The summed E-state index contributed by atoms with van der Waals surface area (Å²) in [5.41, 5.74) is 0.992. The lowest BCUT2D eigenvalue weighted by Crippen LogP contribution is -2.40. The first-order valence-electron chi connectivity index (χ1n) is 12.0. The third kappa shape index (κ3) is 6.06. The Labute approximate surface area is 220 Å². The second-order valence-corrected chi connectivity index (χ2v) is 10.4. The Hall–Kier alpha value is -3.56. The number of hydrogen-bond acceptors (Lipinski definition) is 5. The van der Waals surface area contributed by atoms with Crippen LogP contribution in [-0.2, 0) is 16.6 Å². The molecule has 1 aliphatic rings. The summed E-state index contributed by atoms with van der Waals surface area (Å²) >= 11 is 6.12. The van der Waals surface area contributed by atoms with Gasteiger partial charge in [-0.25, -0.2) is 4.68 Å². The van der Waals surface area contributed by atoms with Crippen LogP contribution in [0.2, 0.25) is 5.02 Å². The molecule has 0 unspecified atom stereocenters. The molecule has 0 saturated carbocycles. The molecule has 2 amide bonds. The number of para-hydroxylation sites is 1. The van der Waals surface area contributed by atoms with Crippen molar-refractivity contribution in [2.45, 2.75) is 33.3 Å². The Kier molecular flexibility index (Phi) is 7.75. The number of halogens is 1. The molecule has 0 bridgehead atoms. The number of rotatable bonds is 9. The van der Waals surface area contributed by atoms with Crippen molar-refractivity contribution >= 4 is 29.1 Å². The summed E-state index contributed by atoms with van der Waals surface area (Å²) < 4.78 is 14.2. The molecule has 2 aromatic carbocycles. The van der Waals surface area contributed by atoms with E-state index in [1.165, 1.54) is 4.68 Å². The Morgan fingerprint density at radius 3 is 2.51 bits per heavy atom. The lowest BCUT2D eigenvalue weighted by atomic mass is 9.88. The number of carbonyl (C=O) groups is 2. The summed E-state index contributed by atoms with van der Waals surface area (Å²) in [5.74, 6) is -0.238. The molecular formula is C27H31ClN4O5. The second-order valence-electron chi connectivity index (χ2n) is 9.93. The number of aromatic nitrogens is 2. The summed E-state index contributed by atoms with van der Waals surface area (Å²) in [4.78, 5) is 39.0. The smallest absolute Gasteiger partial charge is 0.295 e. The maximum absolute atomic E-state index is 13.1. The van der Waals surface area contributed by atoms with Gasteiger partial charge in [0.2, 0.25) is 5.91 Å². The minimum Gasteiger partial charge on any atom is -0.485 e. The van der Waals surface area contributed by atoms with E-state index in [0.717, 1.165) is 0 Å². The van der Waals surface area contributed by atoms with E-state index in [2.05, 4.69) is 10.6 Å². The van der Waals surface area contributed by atoms with Crippen LogP contribution in [0.4, 0.5) is 5.69 Å². The van der Waals surface area contributed by atoms with Gasteiger partial charge in [0.15, 0.2) is 0 Å². The van der Waals surface area contributed by atoms with Gasteiger partial charge in [0.1, 0.15) is 17.5 Å². The molecule has 0 radical (unpaired) electrons. The molecule has 0 spiro atoms. The number of nitrogens with zero attached hydrogens (tertiary/aromatic N) is 2. The normalized spacial score (nSPS) is 13.6. The van der Waals surface area contributed by atoms with Gasteiger partial charge in [-0.3, -0.25) is 19.1 Å². The number of carbonyl (C=O) groups excluding carboxylic acids is 2. The number of amides is 2. The molecule has 4 rings (SSSR count). The summed E-state index contributed by atoms with van der Waals surface area (Å²) in [6, 6.07) is 14.1. The highest BCUT2D eigenvalue weighted by Crippen LogP contribution is 2.26. The monoisotopic (exact) mass is 526 g/mol. The van der Waals surface area contributed by atoms with E-state index >= 15 is 0 Å². The van der Waals surface area contributed by atoms with E-state index in [-0.39, 0.29) is 42.1 Å². The summed E-state index contributed by atoms with van der Waals surface area (Å²) in [6.45, 7) is 6.69. The van der Waals surface area contributed by atoms with Crippen LogP contribution in [0, 0.1) is 12.3 Å². The van der Waals surface area contributed by atoms with Crippen LogP contribution in [0.25, 0.3) is 5.69 Å². The predicted molar refractivity (Wildman–Crippen MR) is 142 cm³/mol. The molecule has 3 aromatic rings. The SMILES string of the molecule is Cc1c(NC(=O)CC(C)(C)CNC(=O)c2cc(Cl)ccc2OC2COC2)c(=O)n(-c2ccccc2)n1C. The first kappa shape index (κ1) is 26.5. The third-order valence-corrected chi connectivity index (χ3v) is 6.51. The molecule has 0 aliphatic carbocycles. The molecule has 0 atom stereocenters. The molecule has 1 fully saturated rings. The van der Waals surface area contributed by atoms with Crippen LogP contribution in [0.1, 0.15) is 36.3 Å². The van der Waals surface area contributed by atoms with Gasteiger partial charge in [0.25, 0.3) is 11.5 Å². The van der Waals surface area contributed by atoms with Crippen molar-refractivity contribution in [1.82, 2.24) is 14.7 Å². The van der Waals surface area contributed by atoms with Gasteiger partial charge in [0.05, 0.1) is 30.2 Å². The van der Waals surface area contributed by atoms with E-state index in [9.17, 15) is 14.4 Å². The van der Waals surface area contributed by atoms with Gasteiger partial charge >= 0.3 is 0 Å². The minimum atomic E-state index is -0.595. The molecule has 9 nitrogen and oxygen atoms in total. The van der Waals surface area contributed by atoms with Crippen molar-refractivity contribution in [3.63, 3.8) is 0 Å². The Morgan fingerprint density at radius 2 is 1.86 bits per heavy atom. The highest BCUT2D eigenvalue weighted by Gasteiger charge is 2.27. The van der Waals surface area contributed by atoms with Gasteiger partial charge in [-0.15, -0.1) is 0 Å². The van der Waals surface area contributed by atoms with Gasteiger partial charge in [-0.1, -0.05) is 43.6 Å². The van der Waals surface area contributed by atoms with E-state index < -0.39 is 5.41 Å². The number of nitrogens with one attached hydrogen (secondary N) is 2. The lowest BCUT2D eigenvalue weighted by molar-refractivity contribution is -0.118. The Balaban J connectivity index is 1.40. The van der Waals surface area contributed by atoms with E-state index in [0.29, 0.717) is 40.9 Å². The maximum Gasteiger partial charge on any atom is 0.295 e. The van der Waals surface area contributed by atoms with Crippen molar-refractivity contribution in [2.75, 3.05) is 25.1 Å². The summed E-state index contributed by atoms with van der Waals surface area (Å²) in [7, 11) is 1.77. The topological polar surface area (TPSA) is 104 Å². The summed E-state index contributed by atoms with van der Waals surface area (Å²) in [6.07, 6.45) is -0.00850. The number of hydrogen-bond donors (Lipinski definition) is 2. The fourth-order valence-electron chi connectivity index (χ4n) is 4.05. The zero-order chi connectivity index (χ0) is 26.7. The van der Waals surface area contributed by atoms with Crippen LogP contribution in [0.5, 0.6) is 5.75 Å². The van der Waals surface area contributed by atoms with Crippen molar-refractivity contribution in [3.05, 3.63) is 75.2 Å². The molecule has 1 aromatic heterocycles. The van der Waals surface area contributed by atoms with Crippen molar-refractivity contribution in [2.24, 2.45) is 12.5 Å². The van der Waals surface area contributed by atoms with E-state index in [1.807, 2.05) is 44.2 Å². The fraction of sp³-hybridized carbons (Fsp3) is 0.370. The molecule has 37 heavy (non-hydrogen) atoms. The third-order valence-electron chi connectivity index (χ3n) is 6.27. The van der Waals surface area contributed by atoms with Gasteiger partial charge in [-0.05, 0) is 42.7 Å². The van der Waals surface area contributed by atoms with Crippen molar-refractivity contribution in [3.8, 4) is 11.4 Å². The van der Waals surface area contributed by atoms with E-state index in [1.54, 1.807) is 36.9 Å². The number of benzene rings is 2. The van der Waals surface area contributed by atoms with Gasteiger partial charge in [-0.2, -0.15) is 0 Å². The van der Waals surface area contributed by atoms with Gasteiger partial charge < -0.3 is 20.1 Å². The van der Waals surface area contributed by atoms with Gasteiger partial charge in [0, 0.05) is 25.0 Å². The molecule has 1 saturated heterocycles. The van der Waals surface area contributed by atoms with Crippen LogP contribution in [0.3, 0.4) is 0 Å². The largest absolute Gasteiger partial charge is 0.485 e. The fourth-order valence-corrected chi connectivity index (χ4v) is 4.22. The van der Waals surface area contributed by atoms with Crippen LogP contribution >= 0.6 is 11.6 Å². The average Bonchev–Trinajstić information content (AvgIpc) is 3.03. The molecular weight excluding hydrogens is 496 g/mol. The standard InChI is InChI=1S/C27H31ClN4O5/c1-17-24(26(35)32(31(17)4)19-8-6-5-7-9-19)30-23(33)13-27(2,3)16-29-25(34)21-12-18(28)10-11-22(21)37-20-14-36-15-20/h5-12,20H,13-16H2,1-4H3,(H,29,34)(H,30,33). The van der Waals surface area contributed by atoms with Crippen LogP contribution in [0.15, 0.2) is 53.3 Å². The van der Waals surface area contributed by atoms with E-state index in [4.69, 9.17) is 21.1 Å². The maximum atomic E-state index is 13.1.